The van der Waals surface area contributed by atoms with Crippen LogP contribution in [0.15, 0.2) is 48.7 Å². The van der Waals surface area contributed by atoms with Crippen LogP contribution in [0.25, 0.3) is 16.8 Å². The van der Waals surface area contributed by atoms with Crippen LogP contribution in [0.3, 0.4) is 0 Å². The van der Waals surface area contributed by atoms with Crippen LogP contribution >= 0.6 is 0 Å². The number of carbonyl (C=O) groups excluding carboxylic acids is 1. The molecule has 5 heteroatoms. The number of fused-ring (bicyclic) bond motifs is 1. The smallest absolute Gasteiger partial charge is 0.340 e. The van der Waals surface area contributed by atoms with Crippen LogP contribution in [-0.4, -0.2) is 29.3 Å². The minimum Gasteiger partial charge on any atom is -0.497 e. The maximum atomic E-state index is 12.3. The highest BCUT2D eigenvalue weighted by molar-refractivity contribution is 5.99. The molecule has 0 aliphatic heterocycles. The molecule has 2 aromatic heterocycles. The van der Waals surface area contributed by atoms with E-state index in [0.717, 1.165) is 16.8 Å². The first-order valence-corrected chi connectivity index (χ1v) is 7.03. The maximum absolute atomic E-state index is 12.3. The fourth-order valence-electron chi connectivity index (χ4n) is 2.42. The lowest BCUT2D eigenvalue weighted by molar-refractivity contribution is 0.0527. The zero-order valence-corrected chi connectivity index (χ0v) is 12.4. The predicted molar refractivity (Wildman–Crippen MR) is 83.1 cm³/mol. The molecule has 5 nitrogen and oxygen atoms in total. The van der Waals surface area contributed by atoms with E-state index in [-0.39, 0.29) is 5.97 Å². The van der Waals surface area contributed by atoms with Crippen molar-refractivity contribution < 1.29 is 14.3 Å². The summed E-state index contributed by atoms with van der Waals surface area (Å²) in [6.07, 6.45) is 1.69. The van der Waals surface area contributed by atoms with Gasteiger partial charge in [-0.1, -0.05) is 12.1 Å². The molecule has 2 heterocycles. The summed E-state index contributed by atoms with van der Waals surface area (Å²) in [6, 6.07) is 13.1. The number of aromatic nitrogens is 2. The quantitative estimate of drug-likeness (QED) is 0.694. The minimum atomic E-state index is -0.356. The van der Waals surface area contributed by atoms with Gasteiger partial charge in [0, 0.05) is 11.8 Å². The summed E-state index contributed by atoms with van der Waals surface area (Å²) < 4.78 is 12.2. The first kappa shape index (κ1) is 14.1. The lowest BCUT2D eigenvalue weighted by Gasteiger charge is -2.07. The van der Waals surface area contributed by atoms with Crippen molar-refractivity contribution in [3.8, 4) is 17.0 Å². The van der Waals surface area contributed by atoms with Crippen molar-refractivity contribution in [3.63, 3.8) is 0 Å². The number of carbonyl (C=O) groups is 1. The van der Waals surface area contributed by atoms with Crippen LogP contribution in [0.2, 0.25) is 0 Å². The van der Waals surface area contributed by atoms with Gasteiger partial charge in [-0.2, -0.15) is 5.10 Å². The van der Waals surface area contributed by atoms with Crippen molar-refractivity contribution in [2.24, 2.45) is 0 Å². The molecular weight excluding hydrogens is 280 g/mol. The lowest BCUT2D eigenvalue weighted by atomic mass is 10.1. The Morgan fingerprint density at radius 2 is 2.09 bits per heavy atom. The summed E-state index contributed by atoms with van der Waals surface area (Å²) in [4.78, 5) is 12.3. The minimum absolute atomic E-state index is 0.329. The Balaban J connectivity index is 2.25. The number of hydrogen-bond donors (Lipinski definition) is 0. The number of rotatable bonds is 4. The molecule has 0 spiro atoms. The van der Waals surface area contributed by atoms with Gasteiger partial charge >= 0.3 is 5.97 Å². The number of hydrogen-bond acceptors (Lipinski definition) is 4. The molecule has 22 heavy (non-hydrogen) atoms. The van der Waals surface area contributed by atoms with Crippen molar-refractivity contribution in [1.29, 1.82) is 0 Å². The topological polar surface area (TPSA) is 52.8 Å². The molecule has 112 valence electrons. The Kier molecular flexibility index (Phi) is 3.78. The van der Waals surface area contributed by atoms with E-state index >= 15 is 0 Å². The van der Waals surface area contributed by atoms with Crippen LogP contribution < -0.4 is 4.74 Å². The Morgan fingerprint density at radius 1 is 1.23 bits per heavy atom. The highest BCUT2D eigenvalue weighted by Gasteiger charge is 2.20. The van der Waals surface area contributed by atoms with Crippen molar-refractivity contribution in [2.45, 2.75) is 6.92 Å². The van der Waals surface area contributed by atoms with E-state index in [0.29, 0.717) is 17.9 Å². The molecule has 0 atom stereocenters. The zero-order valence-electron chi connectivity index (χ0n) is 12.4. The van der Waals surface area contributed by atoms with Crippen LogP contribution in [-0.2, 0) is 4.74 Å². The summed E-state index contributed by atoms with van der Waals surface area (Å²) in [5.41, 5.74) is 2.88. The second kappa shape index (κ2) is 5.89. The molecule has 0 unspecified atom stereocenters. The molecule has 0 fully saturated rings. The third-order valence-corrected chi connectivity index (χ3v) is 3.38. The van der Waals surface area contributed by atoms with Gasteiger partial charge in [0.15, 0.2) is 0 Å². The third kappa shape index (κ3) is 2.41. The third-order valence-electron chi connectivity index (χ3n) is 3.38. The zero-order chi connectivity index (χ0) is 15.5. The molecule has 0 bridgehead atoms. The monoisotopic (exact) mass is 296 g/mol. The number of methoxy groups -OCH3 is 1. The molecule has 3 rings (SSSR count). The van der Waals surface area contributed by atoms with E-state index in [2.05, 4.69) is 5.10 Å². The molecule has 0 radical (unpaired) electrons. The molecule has 3 aromatic rings. The Bertz CT molecular complexity index is 824. The van der Waals surface area contributed by atoms with Crippen molar-refractivity contribution in [3.05, 3.63) is 54.2 Å². The van der Waals surface area contributed by atoms with Crippen molar-refractivity contribution in [1.82, 2.24) is 9.61 Å². The fourth-order valence-corrected chi connectivity index (χ4v) is 2.42. The van der Waals surface area contributed by atoms with E-state index in [1.54, 1.807) is 30.8 Å². The standard InChI is InChI=1S/C17H16N2O3/c1-3-22-17(20)15-11-13-7-5-9-18-19(13)16(15)12-6-4-8-14(10-12)21-2/h4-11H,3H2,1-2H3. The number of ether oxygens (including phenoxy) is 2. The molecule has 0 aliphatic rings. The highest BCUT2D eigenvalue weighted by atomic mass is 16.5. The summed E-state index contributed by atoms with van der Waals surface area (Å²) in [7, 11) is 1.61. The van der Waals surface area contributed by atoms with Gasteiger partial charge < -0.3 is 9.47 Å². The predicted octanol–water partition coefficient (Wildman–Crippen LogP) is 3.19. The highest BCUT2D eigenvalue weighted by Crippen LogP contribution is 2.29. The Labute approximate surface area is 128 Å². The first-order chi connectivity index (χ1) is 10.7. The molecule has 0 amide bonds. The second-order valence-electron chi connectivity index (χ2n) is 4.72. The van der Waals surface area contributed by atoms with Gasteiger partial charge in [0.05, 0.1) is 30.5 Å². The largest absolute Gasteiger partial charge is 0.497 e. The molecule has 0 aliphatic carbocycles. The lowest BCUT2D eigenvalue weighted by Crippen LogP contribution is -2.06. The van der Waals surface area contributed by atoms with E-state index in [4.69, 9.17) is 9.47 Å². The summed E-state index contributed by atoms with van der Waals surface area (Å²) in [5.74, 6) is 0.365. The number of esters is 1. The molecule has 0 saturated heterocycles. The SMILES string of the molecule is CCOC(=O)c1cc2cccnn2c1-c1cccc(OC)c1. The molecule has 0 saturated carbocycles. The normalized spacial score (nSPS) is 10.6. The Hall–Kier alpha value is -2.82. The van der Waals surface area contributed by atoms with Crippen LogP contribution in [0.5, 0.6) is 5.75 Å². The van der Waals surface area contributed by atoms with Gasteiger partial charge in [0.1, 0.15) is 5.75 Å². The number of nitrogens with zero attached hydrogens (tertiary/aromatic N) is 2. The first-order valence-electron chi connectivity index (χ1n) is 7.03. The van der Waals surface area contributed by atoms with Gasteiger partial charge in [-0.3, -0.25) is 0 Å². The molecule has 1 aromatic carbocycles. The van der Waals surface area contributed by atoms with E-state index in [9.17, 15) is 4.79 Å². The molecular formula is C17H16N2O3. The maximum Gasteiger partial charge on any atom is 0.340 e. The average Bonchev–Trinajstić information content (AvgIpc) is 2.94. The van der Waals surface area contributed by atoms with Gasteiger partial charge in [-0.15, -0.1) is 0 Å². The van der Waals surface area contributed by atoms with Crippen molar-refractivity contribution >= 4 is 11.5 Å². The van der Waals surface area contributed by atoms with E-state index < -0.39 is 0 Å². The van der Waals surface area contributed by atoms with Crippen molar-refractivity contribution in [2.75, 3.05) is 13.7 Å². The average molecular weight is 296 g/mol. The van der Waals surface area contributed by atoms with E-state index in [1.165, 1.54) is 0 Å². The van der Waals surface area contributed by atoms with Gasteiger partial charge in [0.25, 0.3) is 0 Å². The summed E-state index contributed by atoms with van der Waals surface area (Å²) >= 11 is 0. The van der Waals surface area contributed by atoms with Crippen LogP contribution in [0, 0.1) is 0 Å². The second-order valence-corrected chi connectivity index (χ2v) is 4.72. The van der Waals surface area contributed by atoms with Gasteiger partial charge in [-0.25, -0.2) is 9.31 Å². The van der Waals surface area contributed by atoms with E-state index in [1.807, 2.05) is 36.4 Å². The van der Waals surface area contributed by atoms with Crippen LogP contribution in [0.4, 0.5) is 0 Å². The number of benzene rings is 1. The molecule has 0 N–H and O–H groups in total. The summed E-state index contributed by atoms with van der Waals surface area (Å²) in [6.45, 7) is 2.12. The van der Waals surface area contributed by atoms with Gasteiger partial charge in [0.2, 0.25) is 0 Å². The Morgan fingerprint density at radius 3 is 2.86 bits per heavy atom. The summed E-state index contributed by atoms with van der Waals surface area (Å²) in [5, 5.41) is 4.34. The fraction of sp³-hybridized carbons (Fsp3) is 0.176. The van der Waals surface area contributed by atoms with Gasteiger partial charge in [-0.05, 0) is 37.3 Å². The van der Waals surface area contributed by atoms with Crippen LogP contribution in [0.1, 0.15) is 17.3 Å².